The van der Waals surface area contributed by atoms with Crippen molar-refractivity contribution in [1.29, 1.82) is 0 Å². The Morgan fingerprint density at radius 1 is 1.00 bits per heavy atom. The van der Waals surface area contributed by atoms with Crippen LogP contribution in [0.2, 0.25) is 0 Å². The van der Waals surface area contributed by atoms with Crippen LogP contribution in [0.15, 0.2) is 53.4 Å². The molecule has 0 bridgehead atoms. The summed E-state index contributed by atoms with van der Waals surface area (Å²) in [5.74, 6) is -0.604. The van der Waals surface area contributed by atoms with E-state index in [1.54, 1.807) is 39.0 Å². The lowest BCUT2D eigenvalue weighted by atomic mass is 9.89. The highest BCUT2D eigenvalue weighted by atomic mass is 32.2. The molecular weight excluding hydrogens is 708 g/mol. The number of aryl methyl sites for hydroxylation is 2. The number of rotatable bonds is 13. The average molecular weight is 758 g/mol. The molecule has 2 aromatic carbocycles. The number of benzene rings is 2. The minimum Gasteiger partial charge on any atom is -0.478 e. The Balaban J connectivity index is 1.37. The summed E-state index contributed by atoms with van der Waals surface area (Å²) in [6.07, 6.45) is -2.08. The zero-order chi connectivity index (χ0) is 38.6. The van der Waals surface area contributed by atoms with Gasteiger partial charge in [0.2, 0.25) is 11.8 Å². The molecule has 288 valence electrons. The number of alkyl halides is 3. The highest BCUT2D eigenvalue weighted by molar-refractivity contribution is 8.16. The molecule has 0 radical (unpaired) electrons. The van der Waals surface area contributed by atoms with E-state index in [1.807, 2.05) is 50.4 Å². The standard InChI is InChI=1S/C39H50F3N5O5S/c1-7-53(30-13-9-12-26(20-30)34(48)49)47-35-45-31(33-24(2)10-8-11-25(33)3)21-32(46-35)51-23-29(22-38(18-19-38)39(40,41)42)43-27-14-16-28(17-15-27)44-36(50)52-37(4,5)6/h7-13,20-21,27-29,43H,14-19,22-23H2,1-6H3,(H,44,50)(H,48,49)(H,45,46,47)/t27?,28?,29-,53?/m1/s1. The van der Waals surface area contributed by atoms with Crippen molar-refractivity contribution in [3.8, 4) is 17.1 Å². The summed E-state index contributed by atoms with van der Waals surface area (Å²) in [7, 11) is -0.792. The summed E-state index contributed by atoms with van der Waals surface area (Å²) in [6.45, 7) is 11.2. The number of halogens is 3. The van der Waals surface area contributed by atoms with Crippen LogP contribution in [0.3, 0.4) is 0 Å². The number of carbonyl (C=O) groups excluding carboxylic acids is 1. The number of carboxylic acid groups (broad SMARTS) is 1. The van der Waals surface area contributed by atoms with Gasteiger partial charge in [-0.15, -0.1) is 0 Å². The predicted molar refractivity (Wildman–Crippen MR) is 202 cm³/mol. The Bertz CT molecular complexity index is 1800. The molecule has 1 aromatic heterocycles. The fraction of sp³-hybridized carbons (Fsp3) is 0.513. The second kappa shape index (κ2) is 16.5. The first-order chi connectivity index (χ1) is 24.9. The molecule has 2 fully saturated rings. The van der Waals surface area contributed by atoms with E-state index in [0.717, 1.165) is 21.6 Å². The number of amides is 1. The van der Waals surface area contributed by atoms with E-state index in [0.29, 0.717) is 31.4 Å². The predicted octanol–water partition coefficient (Wildman–Crippen LogP) is 8.84. The Morgan fingerprint density at radius 3 is 2.23 bits per heavy atom. The number of anilines is 1. The molecule has 1 unspecified atom stereocenters. The van der Waals surface area contributed by atoms with Gasteiger partial charge in [-0.3, -0.25) is 0 Å². The lowest BCUT2D eigenvalue weighted by Crippen LogP contribution is -2.49. The van der Waals surface area contributed by atoms with E-state index in [1.165, 1.54) is 6.07 Å². The molecule has 5 rings (SSSR count). The maximum Gasteiger partial charge on any atom is 0.407 e. The van der Waals surface area contributed by atoms with E-state index in [2.05, 4.69) is 20.3 Å². The van der Waals surface area contributed by atoms with Gasteiger partial charge in [0.05, 0.1) is 16.7 Å². The van der Waals surface area contributed by atoms with Crippen molar-refractivity contribution in [3.05, 3.63) is 65.2 Å². The van der Waals surface area contributed by atoms with Gasteiger partial charge >= 0.3 is 18.2 Å². The van der Waals surface area contributed by atoms with Gasteiger partial charge in [-0.25, -0.2) is 14.6 Å². The van der Waals surface area contributed by atoms with Crippen LogP contribution >= 0.6 is 10.7 Å². The van der Waals surface area contributed by atoms with Crippen LogP contribution in [0.4, 0.5) is 23.9 Å². The number of carboxylic acids is 1. The maximum absolute atomic E-state index is 14.2. The SMILES string of the molecule is C/C=S(/Nc1nc(OC[C@@H](CC2(C(F)(F)F)CC2)NC2CCC(NC(=O)OC(C)(C)C)CC2)cc(-c2c(C)cccc2C)n1)c1cccc(C(=O)O)c1. The number of carbonyl (C=O) groups is 2. The van der Waals surface area contributed by atoms with Crippen molar-refractivity contribution < 1.29 is 37.3 Å². The van der Waals surface area contributed by atoms with Crippen LogP contribution in [0, 0.1) is 19.3 Å². The first-order valence-corrected chi connectivity index (χ1v) is 19.3. The minimum absolute atomic E-state index is 0.0527. The van der Waals surface area contributed by atoms with E-state index < -0.39 is 46.0 Å². The normalized spacial score (nSPS) is 19.6. The third-order valence-electron chi connectivity index (χ3n) is 9.66. The van der Waals surface area contributed by atoms with Crippen LogP contribution in [0.1, 0.15) is 94.1 Å². The number of aromatic nitrogens is 2. The zero-order valence-corrected chi connectivity index (χ0v) is 31.9. The fourth-order valence-electron chi connectivity index (χ4n) is 6.80. The topological polar surface area (TPSA) is 135 Å². The molecule has 10 nitrogen and oxygen atoms in total. The maximum atomic E-state index is 14.2. The summed E-state index contributed by atoms with van der Waals surface area (Å²) < 4.78 is 57.7. The third kappa shape index (κ3) is 10.7. The smallest absolute Gasteiger partial charge is 0.407 e. The molecule has 0 spiro atoms. The van der Waals surface area contributed by atoms with Gasteiger partial charge in [0.15, 0.2) is 0 Å². The van der Waals surface area contributed by atoms with Crippen molar-refractivity contribution in [2.45, 2.75) is 121 Å². The lowest BCUT2D eigenvalue weighted by Gasteiger charge is -2.34. The van der Waals surface area contributed by atoms with Crippen LogP contribution in [0.25, 0.3) is 11.3 Å². The largest absolute Gasteiger partial charge is 0.478 e. The molecule has 53 heavy (non-hydrogen) atoms. The molecule has 4 N–H and O–H groups in total. The van der Waals surface area contributed by atoms with Gasteiger partial charge in [0.25, 0.3) is 0 Å². The Kier molecular flexibility index (Phi) is 12.4. The molecule has 2 aliphatic carbocycles. The molecule has 1 amide bonds. The fourth-order valence-corrected chi connectivity index (χ4v) is 8.07. The monoisotopic (exact) mass is 757 g/mol. The summed E-state index contributed by atoms with van der Waals surface area (Å²) in [5, 5.41) is 17.8. The Labute approximate surface area is 311 Å². The van der Waals surface area contributed by atoms with E-state index in [9.17, 15) is 27.9 Å². The number of aromatic carboxylic acids is 1. The average Bonchev–Trinajstić information content (AvgIpc) is 3.87. The third-order valence-corrected chi connectivity index (χ3v) is 11.3. The molecular formula is C39H50F3N5O5S. The Hall–Kier alpha value is -4.17. The number of nitrogens with one attached hydrogen (secondary N) is 3. The van der Waals surface area contributed by atoms with Gasteiger partial charge in [-0.05, 0) is 121 Å². The minimum atomic E-state index is -4.33. The van der Waals surface area contributed by atoms with Crippen LogP contribution in [-0.4, -0.2) is 69.0 Å². The molecule has 2 aliphatic rings. The number of ether oxygens (including phenoxy) is 2. The second-order valence-electron chi connectivity index (χ2n) is 15.0. The summed E-state index contributed by atoms with van der Waals surface area (Å²) in [4.78, 5) is 34.2. The number of hydrogen-bond acceptors (Lipinski definition) is 8. The van der Waals surface area contributed by atoms with E-state index >= 15 is 0 Å². The molecule has 2 atom stereocenters. The Morgan fingerprint density at radius 2 is 1.64 bits per heavy atom. The van der Waals surface area contributed by atoms with Gasteiger partial charge in [-0.1, -0.05) is 34.9 Å². The van der Waals surface area contributed by atoms with Crippen LogP contribution in [0.5, 0.6) is 5.88 Å². The van der Waals surface area contributed by atoms with Gasteiger partial charge in [0.1, 0.15) is 12.2 Å². The lowest BCUT2D eigenvalue weighted by molar-refractivity contribution is -0.191. The number of alkyl carbamates (subject to hydrolysis) is 1. The molecule has 2 saturated carbocycles. The molecule has 0 aliphatic heterocycles. The van der Waals surface area contributed by atoms with Crippen molar-refractivity contribution in [1.82, 2.24) is 20.6 Å². The van der Waals surface area contributed by atoms with Crippen molar-refractivity contribution in [2.75, 3.05) is 11.3 Å². The van der Waals surface area contributed by atoms with Gasteiger partial charge < -0.3 is 29.9 Å². The van der Waals surface area contributed by atoms with Crippen LogP contribution in [-0.2, 0) is 4.74 Å². The zero-order valence-electron chi connectivity index (χ0n) is 31.1. The van der Waals surface area contributed by atoms with Crippen molar-refractivity contribution in [2.24, 2.45) is 5.41 Å². The van der Waals surface area contributed by atoms with E-state index in [4.69, 9.17) is 14.5 Å². The van der Waals surface area contributed by atoms with Crippen molar-refractivity contribution >= 4 is 34.0 Å². The molecule has 0 saturated heterocycles. The first kappa shape index (κ1) is 40.0. The van der Waals surface area contributed by atoms with Gasteiger partial charge in [0, 0.05) is 34.7 Å². The molecule has 1 heterocycles. The summed E-state index contributed by atoms with van der Waals surface area (Å²) in [6, 6.07) is 13.5. The summed E-state index contributed by atoms with van der Waals surface area (Å²) in [5.41, 5.74) is 1.22. The first-order valence-electron chi connectivity index (χ1n) is 18.0. The number of hydrogen-bond donors (Lipinski definition) is 4. The summed E-state index contributed by atoms with van der Waals surface area (Å²) >= 11 is 0. The van der Waals surface area contributed by atoms with Crippen LogP contribution < -0.4 is 20.1 Å². The highest BCUT2D eigenvalue weighted by Crippen LogP contribution is 2.60. The number of nitrogens with zero attached hydrogens (tertiary/aromatic N) is 2. The van der Waals surface area contributed by atoms with Crippen molar-refractivity contribution in [3.63, 3.8) is 0 Å². The molecule has 14 heteroatoms. The molecule has 3 aromatic rings. The van der Waals surface area contributed by atoms with Gasteiger partial charge in [-0.2, -0.15) is 18.2 Å². The van der Waals surface area contributed by atoms with E-state index in [-0.39, 0.29) is 55.3 Å². The quantitative estimate of drug-likeness (QED) is 0.126. The highest BCUT2D eigenvalue weighted by Gasteiger charge is 2.63. The second-order valence-corrected chi connectivity index (χ2v) is 16.9.